The molecule has 24 heteroatoms. The number of nitrogens with zero attached hydrogens (tertiary/aromatic N) is 7. The molecule has 0 radical (unpaired) electrons. The molecule has 4 aromatic carbocycles. The topological polar surface area (TPSA) is 267 Å². The van der Waals surface area contributed by atoms with Gasteiger partial charge in [-0.2, -0.15) is 0 Å². The third-order valence-electron chi connectivity index (χ3n) is 15.2. The van der Waals surface area contributed by atoms with E-state index in [0.717, 1.165) is 21.6 Å². The number of imidazole rings is 1. The van der Waals surface area contributed by atoms with Crippen LogP contribution in [-0.4, -0.2) is 210 Å². The highest BCUT2D eigenvalue weighted by Crippen LogP contribution is 2.41. The van der Waals surface area contributed by atoms with E-state index >= 15 is 9.59 Å². The summed E-state index contributed by atoms with van der Waals surface area (Å²) in [7, 11) is 3.89. The van der Waals surface area contributed by atoms with Crippen molar-refractivity contribution >= 4 is 53.5 Å². The van der Waals surface area contributed by atoms with Gasteiger partial charge in [-0.3, -0.25) is 38.4 Å². The van der Waals surface area contributed by atoms with Gasteiger partial charge >= 0.3 is 18.0 Å². The van der Waals surface area contributed by atoms with Crippen molar-refractivity contribution < 1.29 is 71.6 Å². The normalized spacial score (nSPS) is 15.9. The Balaban J connectivity index is 1.23. The van der Waals surface area contributed by atoms with E-state index in [1.54, 1.807) is 72.1 Å². The van der Waals surface area contributed by atoms with Crippen LogP contribution in [0.5, 0.6) is 0 Å². The highest BCUT2D eigenvalue weighted by Gasteiger charge is 2.45. The highest BCUT2D eigenvalue weighted by atomic mass is 16.7. The van der Waals surface area contributed by atoms with Crippen molar-refractivity contribution in [3.8, 4) is 0 Å². The molecule has 7 amide bonds. The van der Waals surface area contributed by atoms with Crippen LogP contribution in [0.3, 0.4) is 0 Å². The monoisotopic (exact) mass is 1240 g/mol. The summed E-state index contributed by atoms with van der Waals surface area (Å²) in [6.45, 7) is 7.24. The zero-order chi connectivity index (χ0) is 65.2. The molecule has 7 rings (SSSR count). The molecule has 0 saturated carbocycles. The van der Waals surface area contributed by atoms with Gasteiger partial charge in [0.15, 0.2) is 6.29 Å². The van der Waals surface area contributed by atoms with E-state index in [1.165, 1.54) is 40.9 Å². The van der Waals surface area contributed by atoms with Crippen LogP contribution in [0.15, 0.2) is 134 Å². The molecule has 2 saturated heterocycles. The van der Waals surface area contributed by atoms with Crippen LogP contribution < -0.4 is 10.6 Å². The number of hydrogen-bond donors (Lipinski definition) is 2. The Kier molecular flexibility index (Phi) is 23.9. The predicted molar refractivity (Wildman–Crippen MR) is 328 cm³/mol. The van der Waals surface area contributed by atoms with Gasteiger partial charge in [0.25, 0.3) is 0 Å². The van der Waals surface area contributed by atoms with Crippen LogP contribution in [0.4, 0.5) is 4.79 Å². The minimum atomic E-state index is -1.43. The van der Waals surface area contributed by atoms with Crippen LogP contribution >= 0.6 is 0 Å². The van der Waals surface area contributed by atoms with Gasteiger partial charge in [0, 0.05) is 59.6 Å². The Morgan fingerprint density at radius 2 is 1.19 bits per heavy atom. The molecular formula is C66H83N9O15. The molecule has 90 heavy (non-hydrogen) atoms. The van der Waals surface area contributed by atoms with Crippen molar-refractivity contribution in [2.45, 2.75) is 109 Å². The molecule has 2 aliphatic rings. The largest absolute Gasteiger partial charge is 0.468 e. The molecular weight excluding hydrogens is 1160 g/mol. The molecule has 2 aliphatic heterocycles. The van der Waals surface area contributed by atoms with Crippen LogP contribution in [-0.2, 0) is 85.3 Å². The maximum atomic E-state index is 15.5. The molecule has 3 atom stereocenters. The quantitative estimate of drug-likeness (QED) is 0.0321. The maximum Gasteiger partial charge on any atom is 0.408 e. The second-order valence-corrected chi connectivity index (χ2v) is 23.8. The van der Waals surface area contributed by atoms with Crippen molar-refractivity contribution in [2.75, 3.05) is 86.8 Å². The highest BCUT2D eigenvalue weighted by molar-refractivity contribution is 5.97. The molecule has 0 unspecified atom stereocenters. The Morgan fingerprint density at radius 3 is 1.72 bits per heavy atom. The van der Waals surface area contributed by atoms with Gasteiger partial charge < -0.3 is 68.1 Å². The summed E-state index contributed by atoms with van der Waals surface area (Å²) < 4.78 is 34.8. The van der Waals surface area contributed by atoms with Crippen molar-refractivity contribution in [3.63, 3.8) is 0 Å². The molecule has 1 aromatic heterocycles. The van der Waals surface area contributed by atoms with Crippen molar-refractivity contribution in [3.05, 3.63) is 162 Å². The first-order valence-corrected chi connectivity index (χ1v) is 29.8. The third kappa shape index (κ3) is 18.3. The summed E-state index contributed by atoms with van der Waals surface area (Å²) in [6.07, 6.45) is 0.564. The van der Waals surface area contributed by atoms with Gasteiger partial charge in [-0.25, -0.2) is 9.78 Å². The molecule has 2 N–H and O–H groups in total. The van der Waals surface area contributed by atoms with Gasteiger partial charge in [0.1, 0.15) is 49.0 Å². The number of rotatable bonds is 27. The molecule has 24 nitrogen and oxygen atoms in total. The number of amides is 7. The fourth-order valence-corrected chi connectivity index (χ4v) is 10.8. The number of piperazine rings is 2. The van der Waals surface area contributed by atoms with Gasteiger partial charge in [-0.05, 0) is 63.8 Å². The van der Waals surface area contributed by atoms with E-state index in [0.29, 0.717) is 11.3 Å². The van der Waals surface area contributed by atoms with E-state index in [4.69, 9.17) is 33.4 Å². The number of carbonyl (C=O) groups excluding carboxylic acids is 9. The van der Waals surface area contributed by atoms with Crippen LogP contribution in [0.25, 0.3) is 0 Å². The van der Waals surface area contributed by atoms with Crippen molar-refractivity contribution in [1.82, 2.24) is 44.7 Å². The molecule has 482 valence electrons. The molecule has 3 heterocycles. The fraction of sp³-hybridized carbons (Fsp3) is 0.455. The molecule has 2 fully saturated rings. The van der Waals surface area contributed by atoms with E-state index in [-0.39, 0.29) is 65.3 Å². The lowest BCUT2D eigenvalue weighted by atomic mass is 9.77. The number of hydrogen-bond acceptors (Lipinski definition) is 16. The minimum absolute atomic E-state index is 0.107. The summed E-state index contributed by atoms with van der Waals surface area (Å²) >= 11 is 0. The molecule has 5 aromatic rings. The maximum absolute atomic E-state index is 15.5. The van der Waals surface area contributed by atoms with Crippen molar-refractivity contribution in [2.24, 2.45) is 0 Å². The van der Waals surface area contributed by atoms with Crippen LogP contribution in [0.2, 0.25) is 0 Å². The third-order valence-corrected chi connectivity index (χ3v) is 15.2. The summed E-state index contributed by atoms with van der Waals surface area (Å²) in [4.78, 5) is 138. The number of methoxy groups -OCH3 is 3. The number of aromatic nitrogens is 2. The number of ether oxygens (including phenoxy) is 6. The van der Waals surface area contributed by atoms with Gasteiger partial charge in [0.2, 0.25) is 35.4 Å². The zero-order valence-corrected chi connectivity index (χ0v) is 52.7. The standard InChI is InChI=1S/C66H83N9O15/c1-64(2,3)89-44-51(69-63(84)88-43-46-22-14-10-15-23-46)60(81)72(42-59(86-8)87-9)40-56(78)74-34-32-70(39-55(77)75-35-33-71(41-58(80)85-7)62(83)53(75)37-54(76)67-31-30-57(79)90-65(4,5)6)61(82)52(74)36-50-38-73(45-68-50)66(47-24-16-11-17-25-47,48-26-18-12-19-27-48)49-28-20-13-21-29-49/h10-29,38,45,51-53,59H,30-37,39-44H2,1-9H3,(H,67,76)(H,69,84)/t51-,52-,53-/m0/s1. The smallest absolute Gasteiger partial charge is 0.408 e. The first kappa shape index (κ1) is 68.5. The fourth-order valence-electron chi connectivity index (χ4n) is 10.8. The Labute approximate surface area is 525 Å². The number of alkyl carbamates (subject to hydrolysis) is 1. The lowest BCUT2D eigenvalue weighted by Gasteiger charge is -2.43. The average molecular weight is 1240 g/mol. The van der Waals surface area contributed by atoms with Gasteiger partial charge in [-0.15, -0.1) is 0 Å². The summed E-state index contributed by atoms with van der Waals surface area (Å²) in [5.74, 6) is -5.51. The molecule has 0 bridgehead atoms. The number of esters is 2. The Hall–Kier alpha value is -9.00. The lowest BCUT2D eigenvalue weighted by molar-refractivity contribution is -0.162. The Bertz CT molecular complexity index is 3150. The summed E-state index contributed by atoms with van der Waals surface area (Å²) in [5, 5.41) is 5.25. The predicted octanol–water partition coefficient (Wildman–Crippen LogP) is 4.31. The van der Waals surface area contributed by atoms with E-state index < -0.39 is 121 Å². The lowest BCUT2D eigenvalue weighted by Crippen LogP contribution is -2.65. The SMILES string of the molecule is COC(=O)CN1CCN(C(=O)CN2CCN(C(=O)CN(CC(OC)OC)C(=O)[C@H](COC(C)(C)C)NC(=O)OCc3ccccc3)[C@@H](Cc3cn(C(c4ccccc4)(c4ccccc4)c4ccccc4)cn3)C2=O)[C@@H](CC(=O)NCCC(=O)OC(C)(C)C)C1=O. The number of nitrogens with one attached hydrogen (secondary N) is 2. The van der Waals surface area contributed by atoms with E-state index in [9.17, 15) is 33.6 Å². The minimum Gasteiger partial charge on any atom is -0.468 e. The first-order valence-electron chi connectivity index (χ1n) is 29.8. The molecule has 0 spiro atoms. The van der Waals surface area contributed by atoms with E-state index in [1.807, 2.05) is 108 Å². The Morgan fingerprint density at radius 1 is 0.656 bits per heavy atom. The number of carbonyl (C=O) groups is 9. The van der Waals surface area contributed by atoms with Crippen LogP contribution in [0, 0.1) is 0 Å². The second kappa shape index (κ2) is 31.4. The van der Waals surface area contributed by atoms with Crippen LogP contribution in [0.1, 0.15) is 82.3 Å². The van der Waals surface area contributed by atoms with E-state index in [2.05, 4.69) is 10.6 Å². The van der Waals surface area contributed by atoms with Gasteiger partial charge in [0.05, 0.1) is 57.3 Å². The number of benzene rings is 4. The average Bonchev–Trinajstić information content (AvgIpc) is 1.26. The molecule has 0 aliphatic carbocycles. The second-order valence-electron chi connectivity index (χ2n) is 23.8. The first-order chi connectivity index (χ1) is 42.9. The van der Waals surface area contributed by atoms with Gasteiger partial charge in [-0.1, -0.05) is 121 Å². The van der Waals surface area contributed by atoms with Crippen molar-refractivity contribution in [1.29, 1.82) is 0 Å². The zero-order valence-electron chi connectivity index (χ0n) is 52.7. The summed E-state index contributed by atoms with van der Waals surface area (Å²) in [5.41, 5.74) is 1.19. The summed E-state index contributed by atoms with van der Waals surface area (Å²) in [6, 6.07) is 34.3.